The van der Waals surface area contributed by atoms with Gasteiger partial charge in [0.05, 0.1) is 19.8 Å². The molecule has 0 saturated carbocycles. The lowest BCUT2D eigenvalue weighted by Crippen LogP contribution is -2.59. The smallest absolute Gasteiger partial charge is 0.320 e. The number of hydrogen-bond donors (Lipinski definition) is 0. The fourth-order valence-electron chi connectivity index (χ4n) is 4.20. The van der Waals surface area contributed by atoms with E-state index in [-0.39, 0.29) is 11.5 Å². The number of rotatable bonds is 6. The number of nitrogens with zero attached hydrogens (tertiary/aromatic N) is 4. The van der Waals surface area contributed by atoms with E-state index in [0.717, 1.165) is 85.0 Å². The van der Waals surface area contributed by atoms with E-state index in [9.17, 15) is 4.79 Å². The number of hydrogen-bond acceptors (Lipinski definition) is 7. The minimum atomic E-state index is -0.0820. The molecule has 0 N–H and O–H groups in total. The van der Waals surface area contributed by atoms with Crippen LogP contribution in [0.3, 0.4) is 0 Å². The van der Waals surface area contributed by atoms with E-state index >= 15 is 0 Å². The standard InChI is InChI=1S/C19H36N4O3/c1-19(23-9-7-20(2)8-10-23)3-5-22(6-4-19)17-18(24)26-16-13-21-11-14-25-15-12-21/h3-17H2,1-2H3. The molecule has 7 nitrogen and oxygen atoms in total. The molecular weight excluding hydrogens is 332 g/mol. The molecule has 0 radical (unpaired) electrons. The molecule has 0 aliphatic carbocycles. The molecule has 26 heavy (non-hydrogen) atoms. The second kappa shape index (κ2) is 9.46. The molecule has 0 aromatic heterocycles. The Kier molecular flexibility index (Phi) is 7.28. The van der Waals surface area contributed by atoms with Crippen LogP contribution in [0.1, 0.15) is 19.8 Å². The molecule has 0 atom stereocenters. The molecule has 150 valence electrons. The Balaban J connectivity index is 1.32. The highest BCUT2D eigenvalue weighted by Gasteiger charge is 2.37. The zero-order valence-corrected chi connectivity index (χ0v) is 16.6. The minimum absolute atomic E-state index is 0.0820. The van der Waals surface area contributed by atoms with Crippen LogP contribution < -0.4 is 0 Å². The zero-order chi connectivity index (χ0) is 18.4. The van der Waals surface area contributed by atoms with Gasteiger partial charge in [0.2, 0.25) is 0 Å². The monoisotopic (exact) mass is 368 g/mol. The van der Waals surface area contributed by atoms with E-state index in [1.54, 1.807) is 0 Å². The Morgan fingerprint density at radius 3 is 2.27 bits per heavy atom. The number of likely N-dealkylation sites (N-methyl/N-ethyl adjacent to an activating group) is 1. The number of likely N-dealkylation sites (tertiary alicyclic amines) is 1. The molecular formula is C19H36N4O3. The number of piperidine rings is 1. The summed E-state index contributed by atoms with van der Waals surface area (Å²) in [5.41, 5.74) is 0.290. The summed E-state index contributed by atoms with van der Waals surface area (Å²) in [4.78, 5) is 21.7. The molecule has 7 heteroatoms. The molecule has 3 aliphatic heterocycles. The summed E-state index contributed by atoms with van der Waals surface area (Å²) in [6.45, 7) is 14.2. The van der Waals surface area contributed by atoms with Crippen LogP contribution in [0.15, 0.2) is 0 Å². The van der Waals surface area contributed by atoms with Crippen LogP contribution in [0.2, 0.25) is 0 Å². The van der Waals surface area contributed by atoms with Gasteiger partial charge >= 0.3 is 5.97 Å². The van der Waals surface area contributed by atoms with Crippen LogP contribution in [0.5, 0.6) is 0 Å². The third-order valence-electron chi connectivity index (χ3n) is 6.33. The van der Waals surface area contributed by atoms with E-state index in [4.69, 9.17) is 9.47 Å². The average Bonchev–Trinajstić information content (AvgIpc) is 2.65. The van der Waals surface area contributed by atoms with Crippen LogP contribution in [-0.2, 0) is 14.3 Å². The quantitative estimate of drug-likeness (QED) is 0.610. The summed E-state index contributed by atoms with van der Waals surface area (Å²) >= 11 is 0. The number of morpholine rings is 1. The molecule has 3 heterocycles. The van der Waals surface area contributed by atoms with Gasteiger partial charge in [0, 0.05) is 64.4 Å². The highest BCUT2D eigenvalue weighted by Crippen LogP contribution is 2.29. The van der Waals surface area contributed by atoms with Gasteiger partial charge in [-0.3, -0.25) is 19.5 Å². The molecule has 0 aromatic rings. The maximum Gasteiger partial charge on any atom is 0.320 e. The number of ether oxygens (including phenoxy) is 2. The number of carbonyl (C=O) groups is 1. The third-order valence-corrected chi connectivity index (χ3v) is 6.33. The van der Waals surface area contributed by atoms with Crippen molar-refractivity contribution in [3.63, 3.8) is 0 Å². The van der Waals surface area contributed by atoms with Gasteiger partial charge in [-0.1, -0.05) is 0 Å². The molecule has 0 amide bonds. The van der Waals surface area contributed by atoms with E-state index < -0.39 is 0 Å². The minimum Gasteiger partial charge on any atom is -0.463 e. The maximum absolute atomic E-state index is 12.1. The van der Waals surface area contributed by atoms with Gasteiger partial charge < -0.3 is 14.4 Å². The second-order valence-corrected chi connectivity index (χ2v) is 8.24. The highest BCUT2D eigenvalue weighted by atomic mass is 16.5. The van der Waals surface area contributed by atoms with Crippen molar-refractivity contribution in [3.8, 4) is 0 Å². The summed E-state index contributed by atoms with van der Waals surface area (Å²) in [7, 11) is 2.20. The van der Waals surface area contributed by atoms with Crippen molar-refractivity contribution in [3.05, 3.63) is 0 Å². The zero-order valence-electron chi connectivity index (χ0n) is 16.6. The van der Waals surface area contributed by atoms with Crippen molar-refractivity contribution in [1.82, 2.24) is 19.6 Å². The van der Waals surface area contributed by atoms with Crippen LogP contribution in [-0.4, -0.2) is 123 Å². The normalized spacial score (nSPS) is 26.7. The maximum atomic E-state index is 12.1. The molecule has 3 rings (SSSR count). The second-order valence-electron chi connectivity index (χ2n) is 8.24. The van der Waals surface area contributed by atoms with Gasteiger partial charge in [-0.15, -0.1) is 0 Å². The Morgan fingerprint density at radius 1 is 0.962 bits per heavy atom. The van der Waals surface area contributed by atoms with Gasteiger partial charge in [0.15, 0.2) is 0 Å². The van der Waals surface area contributed by atoms with Crippen molar-refractivity contribution >= 4 is 5.97 Å². The van der Waals surface area contributed by atoms with Crippen LogP contribution >= 0.6 is 0 Å². The van der Waals surface area contributed by atoms with Crippen molar-refractivity contribution in [2.45, 2.75) is 25.3 Å². The molecule has 0 unspecified atom stereocenters. The summed E-state index contributed by atoms with van der Waals surface area (Å²) in [6.07, 6.45) is 2.27. The van der Waals surface area contributed by atoms with Crippen LogP contribution in [0.25, 0.3) is 0 Å². The Labute approximate surface area is 158 Å². The largest absolute Gasteiger partial charge is 0.463 e. The first kappa shape index (κ1) is 20.0. The first-order valence-electron chi connectivity index (χ1n) is 10.2. The SMILES string of the molecule is CN1CCN(C2(C)CCN(CC(=O)OCCN3CCOCC3)CC2)CC1. The van der Waals surface area contributed by atoms with Gasteiger partial charge in [-0.2, -0.15) is 0 Å². The predicted octanol–water partition coefficient (Wildman–Crippen LogP) is -0.0363. The molecule has 3 fully saturated rings. The van der Waals surface area contributed by atoms with E-state index in [2.05, 4.69) is 33.6 Å². The Hall–Kier alpha value is -0.730. The molecule has 3 aliphatic rings. The Bertz CT molecular complexity index is 440. The third kappa shape index (κ3) is 5.63. The van der Waals surface area contributed by atoms with Crippen molar-refractivity contribution in [2.75, 3.05) is 92.3 Å². The van der Waals surface area contributed by atoms with Crippen molar-refractivity contribution in [1.29, 1.82) is 0 Å². The van der Waals surface area contributed by atoms with E-state index in [0.29, 0.717) is 13.2 Å². The summed E-state index contributed by atoms with van der Waals surface area (Å²) in [6, 6.07) is 0. The number of carbonyl (C=O) groups excluding carboxylic acids is 1. The number of esters is 1. The van der Waals surface area contributed by atoms with E-state index in [1.165, 1.54) is 0 Å². The van der Waals surface area contributed by atoms with Crippen molar-refractivity contribution < 1.29 is 14.3 Å². The lowest BCUT2D eigenvalue weighted by Gasteiger charge is -2.49. The average molecular weight is 369 g/mol. The molecule has 0 aromatic carbocycles. The van der Waals surface area contributed by atoms with E-state index in [1.807, 2.05) is 0 Å². The fourth-order valence-corrected chi connectivity index (χ4v) is 4.20. The molecule has 0 spiro atoms. The first-order chi connectivity index (χ1) is 12.5. The first-order valence-corrected chi connectivity index (χ1v) is 10.2. The lowest BCUT2D eigenvalue weighted by molar-refractivity contribution is -0.146. The molecule has 0 bridgehead atoms. The number of piperazine rings is 1. The van der Waals surface area contributed by atoms with Gasteiger partial charge in [0.1, 0.15) is 6.61 Å². The van der Waals surface area contributed by atoms with Gasteiger partial charge in [-0.25, -0.2) is 0 Å². The van der Waals surface area contributed by atoms with Crippen LogP contribution in [0, 0.1) is 0 Å². The van der Waals surface area contributed by atoms with Crippen LogP contribution in [0.4, 0.5) is 0 Å². The summed E-state index contributed by atoms with van der Waals surface area (Å²) in [5.74, 6) is -0.0820. The Morgan fingerprint density at radius 2 is 1.62 bits per heavy atom. The highest BCUT2D eigenvalue weighted by molar-refractivity contribution is 5.71. The summed E-state index contributed by atoms with van der Waals surface area (Å²) in [5, 5.41) is 0. The van der Waals surface area contributed by atoms with Gasteiger partial charge in [-0.05, 0) is 26.8 Å². The summed E-state index contributed by atoms with van der Waals surface area (Å²) < 4.78 is 10.8. The van der Waals surface area contributed by atoms with Crippen molar-refractivity contribution in [2.24, 2.45) is 0 Å². The topological polar surface area (TPSA) is 48.5 Å². The predicted molar refractivity (Wildman–Crippen MR) is 101 cm³/mol. The van der Waals surface area contributed by atoms with Gasteiger partial charge in [0.25, 0.3) is 0 Å². The fraction of sp³-hybridized carbons (Fsp3) is 0.947. The lowest BCUT2D eigenvalue weighted by atomic mass is 9.87. The molecule has 3 saturated heterocycles.